The van der Waals surface area contributed by atoms with E-state index in [0.29, 0.717) is 0 Å². The molecule has 90 valence electrons. The van der Waals surface area contributed by atoms with Gasteiger partial charge in [0.25, 0.3) is 0 Å². The normalized spacial score (nSPS) is 12.8. The highest BCUT2D eigenvalue weighted by atomic mass is 32.2. The molecule has 2 N–H and O–H groups in total. The lowest BCUT2D eigenvalue weighted by molar-refractivity contribution is 0.213. The Morgan fingerprint density at radius 2 is 1.88 bits per heavy atom. The Bertz CT molecular complexity index is 489. The van der Waals surface area contributed by atoms with Crippen molar-refractivity contribution in [3.05, 3.63) is 23.8 Å². The molecule has 0 bridgehead atoms. The summed E-state index contributed by atoms with van der Waals surface area (Å²) in [6, 6.07) is 4.33. The second-order valence-corrected chi connectivity index (χ2v) is 6.45. The minimum absolute atomic E-state index is 0.0616. The number of aromatic hydroxyl groups is 1. The van der Waals surface area contributed by atoms with Gasteiger partial charge in [0.2, 0.25) is 0 Å². The van der Waals surface area contributed by atoms with Crippen LogP contribution in [-0.2, 0) is 15.3 Å². The van der Waals surface area contributed by atoms with Crippen molar-refractivity contribution in [3.8, 4) is 5.75 Å². The number of sulfone groups is 1. The van der Waals surface area contributed by atoms with Crippen LogP contribution in [0.15, 0.2) is 23.1 Å². The van der Waals surface area contributed by atoms with Gasteiger partial charge < -0.3 is 10.2 Å². The smallest absolute Gasteiger partial charge is 0.175 e. The van der Waals surface area contributed by atoms with Gasteiger partial charge >= 0.3 is 0 Å². The standard InChI is InChI=1S/C11H16O4S/c1-11(2,7-12)10-8(13)5-4-6-9(10)16(3,14)15/h4-6,12-13H,7H2,1-3H3. The van der Waals surface area contributed by atoms with Gasteiger partial charge in [0.1, 0.15) is 5.75 Å². The maximum Gasteiger partial charge on any atom is 0.175 e. The lowest BCUT2D eigenvalue weighted by Crippen LogP contribution is -2.25. The summed E-state index contributed by atoms with van der Waals surface area (Å²) in [7, 11) is -3.42. The highest BCUT2D eigenvalue weighted by Crippen LogP contribution is 2.35. The molecule has 0 radical (unpaired) electrons. The molecule has 5 heteroatoms. The van der Waals surface area contributed by atoms with Crippen molar-refractivity contribution in [2.24, 2.45) is 0 Å². The zero-order valence-electron chi connectivity index (χ0n) is 9.56. The maximum atomic E-state index is 11.6. The molecule has 0 aromatic heterocycles. The Balaban J connectivity index is 3.61. The second-order valence-electron chi connectivity index (χ2n) is 4.46. The number of hydrogen-bond donors (Lipinski definition) is 2. The number of phenols is 1. The van der Waals surface area contributed by atoms with E-state index in [9.17, 15) is 18.6 Å². The van der Waals surface area contributed by atoms with E-state index in [2.05, 4.69) is 0 Å². The largest absolute Gasteiger partial charge is 0.508 e. The summed E-state index contributed by atoms with van der Waals surface area (Å²) in [6.45, 7) is 3.11. The summed E-state index contributed by atoms with van der Waals surface area (Å²) in [6.07, 6.45) is 1.08. The lowest BCUT2D eigenvalue weighted by Gasteiger charge is -2.25. The number of hydrogen-bond acceptors (Lipinski definition) is 4. The molecule has 0 heterocycles. The summed E-state index contributed by atoms with van der Waals surface area (Å²) in [5.74, 6) is -0.109. The van der Waals surface area contributed by atoms with E-state index >= 15 is 0 Å². The second kappa shape index (κ2) is 4.07. The molecule has 0 saturated carbocycles. The first-order chi connectivity index (χ1) is 7.20. The Hall–Kier alpha value is -1.07. The highest BCUT2D eigenvalue weighted by molar-refractivity contribution is 7.90. The van der Waals surface area contributed by atoms with E-state index in [0.717, 1.165) is 6.26 Å². The first-order valence-corrected chi connectivity index (χ1v) is 6.72. The molecule has 1 aromatic carbocycles. The fourth-order valence-corrected chi connectivity index (χ4v) is 2.67. The Kier molecular flexibility index (Phi) is 3.30. The topological polar surface area (TPSA) is 74.6 Å². The highest BCUT2D eigenvalue weighted by Gasteiger charge is 2.29. The van der Waals surface area contributed by atoms with Gasteiger partial charge in [0.15, 0.2) is 9.84 Å². The third-order valence-electron chi connectivity index (χ3n) is 2.48. The predicted octanol–water partition coefficient (Wildman–Crippen LogP) is 1.07. The van der Waals surface area contributed by atoms with Crippen LogP contribution in [0.2, 0.25) is 0 Å². The van der Waals surface area contributed by atoms with E-state index in [-0.39, 0.29) is 22.8 Å². The summed E-state index contributed by atoms with van der Waals surface area (Å²) in [5.41, 5.74) is -0.538. The van der Waals surface area contributed by atoms with Gasteiger partial charge in [-0.15, -0.1) is 0 Å². The minimum Gasteiger partial charge on any atom is -0.508 e. The van der Waals surface area contributed by atoms with Crippen LogP contribution in [0.1, 0.15) is 19.4 Å². The molecule has 0 aliphatic heterocycles. The van der Waals surface area contributed by atoms with E-state index < -0.39 is 15.3 Å². The van der Waals surface area contributed by atoms with Gasteiger partial charge in [-0.2, -0.15) is 0 Å². The van der Waals surface area contributed by atoms with E-state index in [1.165, 1.54) is 18.2 Å². The number of aliphatic hydroxyl groups is 1. The fourth-order valence-electron chi connectivity index (χ4n) is 1.59. The average molecular weight is 244 g/mol. The molecule has 0 unspecified atom stereocenters. The summed E-state index contributed by atoms with van der Waals surface area (Å²) in [5, 5.41) is 19.0. The zero-order chi connectivity index (χ0) is 12.6. The molecule has 0 saturated heterocycles. The van der Waals surface area contributed by atoms with Crippen LogP contribution in [0.25, 0.3) is 0 Å². The summed E-state index contributed by atoms with van der Waals surface area (Å²) in [4.78, 5) is 0.0616. The first-order valence-electron chi connectivity index (χ1n) is 4.83. The van der Waals surface area contributed by atoms with Gasteiger partial charge in [-0.25, -0.2) is 8.42 Å². The lowest BCUT2D eigenvalue weighted by atomic mass is 9.85. The van der Waals surface area contributed by atoms with Crippen LogP contribution >= 0.6 is 0 Å². The minimum atomic E-state index is -3.42. The monoisotopic (exact) mass is 244 g/mol. The van der Waals surface area contributed by atoms with Crippen LogP contribution in [-0.4, -0.2) is 31.5 Å². The predicted molar refractivity (Wildman–Crippen MR) is 61.3 cm³/mol. The van der Waals surface area contributed by atoms with Gasteiger partial charge in [0, 0.05) is 17.2 Å². The van der Waals surface area contributed by atoms with E-state index in [4.69, 9.17) is 0 Å². The molecular weight excluding hydrogens is 228 g/mol. The molecule has 1 aromatic rings. The molecule has 0 atom stereocenters. The third-order valence-corrected chi connectivity index (χ3v) is 3.61. The van der Waals surface area contributed by atoms with E-state index in [1.54, 1.807) is 13.8 Å². The van der Waals surface area contributed by atoms with Crippen LogP contribution < -0.4 is 0 Å². The van der Waals surface area contributed by atoms with E-state index in [1.807, 2.05) is 0 Å². The first kappa shape index (κ1) is 13.0. The van der Waals surface area contributed by atoms with Gasteiger partial charge in [-0.3, -0.25) is 0 Å². The molecule has 4 nitrogen and oxygen atoms in total. The van der Waals surface area contributed by atoms with Gasteiger partial charge in [0.05, 0.1) is 11.5 Å². The Labute approximate surface area is 95.5 Å². The van der Waals surface area contributed by atoms with Crippen molar-refractivity contribution < 1.29 is 18.6 Å². The number of rotatable bonds is 3. The Morgan fingerprint density at radius 3 is 2.31 bits per heavy atom. The fraction of sp³-hybridized carbons (Fsp3) is 0.455. The third kappa shape index (κ3) is 2.36. The average Bonchev–Trinajstić information content (AvgIpc) is 2.15. The molecule has 16 heavy (non-hydrogen) atoms. The summed E-state index contributed by atoms with van der Waals surface area (Å²) < 4.78 is 23.2. The van der Waals surface area contributed by atoms with Gasteiger partial charge in [-0.05, 0) is 12.1 Å². The number of benzene rings is 1. The molecule has 1 rings (SSSR count). The molecule has 0 aliphatic rings. The van der Waals surface area contributed by atoms with Crippen molar-refractivity contribution in [2.45, 2.75) is 24.2 Å². The van der Waals surface area contributed by atoms with Crippen LogP contribution in [0.5, 0.6) is 5.75 Å². The number of phenolic OH excluding ortho intramolecular Hbond substituents is 1. The SMILES string of the molecule is CC(C)(CO)c1c(O)cccc1S(C)(=O)=O. The molecule has 0 aliphatic carbocycles. The zero-order valence-corrected chi connectivity index (χ0v) is 10.4. The molecule has 0 amide bonds. The van der Waals surface area contributed by atoms with Crippen molar-refractivity contribution in [2.75, 3.05) is 12.9 Å². The van der Waals surface area contributed by atoms with Gasteiger partial charge in [-0.1, -0.05) is 19.9 Å². The van der Waals surface area contributed by atoms with Crippen LogP contribution in [0, 0.1) is 0 Å². The molecule has 0 fully saturated rings. The number of aliphatic hydroxyl groups excluding tert-OH is 1. The molecule has 0 spiro atoms. The van der Waals surface area contributed by atoms with Crippen molar-refractivity contribution >= 4 is 9.84 Å². The molecular formula is C11H16O4S. The maximum absolute atomic E-state index is 11.6. The Morgan fingerprint density at radius 1 is 1.31 bits per heavy atom. The quantitative estimate of drug-likeness (QED) is 0.834. The summed E-state index contributed by atoms with van der Waals surface area (Å²) >= 11 is 0. The van der Waals surface area contributed by atoms with Crippen molar-refractivity contribution in [1.29, 1.82) is 0 Å². The van der Waals surface area contributed by atoms with Crippen LogP contribution in [0.3, 0.4) is 0 Å². The van der Waals surface area contributed by atoms with Crippen molar-refractivity contribution in [1.82, 2.24) is 0 Å². The van der Waals surface area contributed by atoms with Crippen molar-refractivity contribution in [3.63, 3.8) is 0 Å². The van der Waals surface area contributed by atoms with Crippen LogP contribution in [0.4, 0.5) is 0 Å².